The fourth-order valence-electron chi connectivity index (χ4n) is 3.80. The number of para-hydroxylation sites is 1. The van der Waals surface area contributed by atoms with Crippen LogP contribution in [-0.4, -0.2) is 9.97 Å². The Morgan fingerprint density at radius 1 is 0.633 bits per heavy atom. The number of aromatic nitrogens is 3. The summed E-state index contributed by atoms with van der Waals surface area (Å²) in [6.45, 7) is 0. The summed E-state index contributed by atoms with van der Waals surface area (Å²) in [4.78, 5) is 30.4. The van der Waals surface area contributed by atoms with Gasteiger partial charge in [-0.05, 0) is 23.8 Å². The highest BCUT2D eigenvalue weighted by Gasteiger charge is 2.24. The number of nitrogens with one attached hydrogen (secondary N) is 2. The molecule has 2 aromatic heterocycles. The van der Waals surface area contributed by atoms with Crippen molar-refractivity contribution in [3.63, 3.8) is 0 Å². The first kappa shape index (κ1) is 17.8. The molecular weight excluding hydrogens is 374 g/mol. The molecule has 0 radical (unpaired) electrons. The van der Waals surface area contributed by atoms with Crippen LogP contribution >= 0.6 is 0 Å². The molecule has 3 aromatic carbocycles. The molecule has 0 saturated carbocycles. The number of hydrogen-bond donors (Lipinski definition) is 2. The Kier molecular flexibility index (Phi) is 4.33. The van der Waals surface area contributed by atoms with Crippen LogP contribution in [0.2, 0.25) is 0 Å². The molecule has 0 aliphatic heterocycles. The molecule has 0 aliphatic carbocycles. The van der Waals surface area contributed by atoms with E-state index in [2.05, 4.69) is 9.97 Å². The van der Waals surface area contributed by atoms with Gasteiger partial charge in [-0.25, -0.2) is 4.79 Å². The zero-order valence-electron chi connectivity index (χ0n) is 16.0. The molecule has 5 heteroatoms. The van der Waals surface area contributed by atoms with E-state index in [-0.39, 0.29) is 0 Å². The second-order valence-corrected chi connectivity index (χ2v) is 6.98. The van der Waals surface area contributed by atoms with Gasteiger partial charge in [0.15, 0.2) is 0 Å². The summed E-state index contributed by atoms with van der Waals surface area (Å²) >= 11 is 0. The third kappa shape index (κ3) is 3.02. The summed E-state index contributed by atoms with van der Waals surface area (Å²) in [6.07, 6.45) is 0. The van der Waals surface area contributed by atoms with Crippen LogP contribution in [0.4, 0.5) is 0 Å². The van der Waals surface area contributed by atoms with E-state index < -0.39 is 11.2 Å². The second kappa shape index (κ2) is 7.29. The molecule has 5 aromatic rings. The molecule has 0 bridgehead atoms. The minimum atomic E-state index is -0.540. The molecule has 5 rings (SSSR count). The Morgan fingerprint density at radius 3 is 1.83 bits per heavy atom. The molecule has 2 heterocycles. The lowest BCUT2D eigenvalue weighted by Gasteiger charge is -2.13. The topological polar surface area (TPSA) is 69.6 Å². The van der Waals surface area contributed by atoms with Crippen LogP contribution in [0.25, 0.3) is 39.1 Å². The Morgan fingerprint density at radius 2 is 1.20 bits per heavy atom. The fraction of sp³-hybridized carbons (Fsp3) is 0. The molecule has 144 valence electrons. The third-order valence-electron chi connectivity index (χ3n) is 5.11. The zero-order chi connectivity index (χ0) is 20.5. The van der Waals surface area contributed by atoms with Crippen LogP contribution in [-0.2, 0) is 0 Å². The van der Waals surface area contributed by atoms with Crippen LogP contribution in [0.3, 0.4) is 0 Å². The van der Waals surface area contributed by atoms with Gasteiger partial charge in [-0.2, -0.15) is 9.55 Å². The van der Waals surface area contributed by atoms with Crippen molar-refractivity contribution in [2.45, 2.75) is 0 Å². The number of rotatable bonds is 3. The van der Waals surface area contributed by atoms with Gasteiger partial charge in [-0.1, -0.05) is 78.9 Å². The highest BCUT2D eigenvalue weighted by atomic mass is 16.2. The molecule has 0 saturated heterocycles. The molecular formula is C25H18N3O2+. The van der Waals surface area contributed by atoms with Gasteiger partial charge in [-0.15, -0.1) is 0 Å². The summed E-state index contributed by atoms with van der Waals surface area (Å²) < 4.78 is 1.92. The molecule has 0 fully saturated rings. The molecule has 5 nitrogen and oxygen atoms in total. The first-order valence-electron chi connectivity index (χ1n) is 9.64. The van der Waals surface area contributed by atoms with Crippen LogP contribution < -0.4 is 15.8 Å². The van der Waals surface area contributed by atoms with E-state index in [9.17, 15) is 9.59 Å². The number of fused-ring (bicyclic) bond motifs is 1. The summed E-state index contributed by atoms with van der Waals surface area (Å²) in [5.41, 5.74) is 3.85. The van der Waals surface area contributed by atoms with Crippen molar-refractivity contribution in [1.29, 1.82) is 0 Å². The van der Waals surface area contributed by atoms with Crippen LogP contribution in [0, 0.1) is 0 Å². The summed E-state index contributed by atoms with van der Waals surface area (Å²) in [5, 5.41) is 0.435. The van der Waals surface area contributed by atoms with Gasteiger partial charge in [0, 0.05) is 11.1 Å². The molecule has 0 spiro atoms. The second-order valence-electron chi connectivity index (χ2n) is 6.98. The minimum absolute atomic E-state index is 0.420. The molecule has 0 amide bonds. The van der Waals surface area contributed by atoms with Crippen LogP contribution in [0.1, 0.15) is 0 Å². The Bertz CT molecular complexity index is 1460. The summed E-state index contributed by atoms with van der Waals surface area (Å²) in [5.74, 6) is 0. The number of benzene rings is 3. The standard InChI is InChI=1S/C25H17N3O2/c29-24-22-20(17-10-4-1-5-11-17)16-21(18-12-6-2-7-13-18)28(19-14-8-3-9-15-19)23(22)26-25(30)27-24/h1-16H,(H,27,29,30)/p+1. The maximum absolute atomic E-state index is 12.9. The molecule has 2 N–H and O–H groups in total. The summed E-state index contributed by atoms with van der Waals surface area (Å²) in [6, 6.07) is 31.3. The number of H-pyrrole nitrogens is 2. The van der Waals surface area contributed by atoms with Crippen molar-refractivity contribution < 1.29 is 4.57 Å². The quantitative estimate of drug-likeness (QED) is 0.458. The Balaban J connectivity index is 2.02. The number of pyridine rings is 1. The third-order valence-corrected chi connectivity index (χ3v) is 5.11. The SMILES string of the molecule is O=c1[nH]c(=O)c2c(-c3ccccc3)cc(-c3ccccc3)[n+](-c3ccccc3)c2[nH]1. The molecule has 0 atom stereocenters. The van der Waals surface area contributed by atoms with Gasteiger partial charge in [0.2, 0.25) is 0 Å². The van der Waals surface area contributed by atoms with Gasteiger partial charge in [0.1, 0.15) is 16.8 Å². The molecule has 0 aliphatic rings. The van der Waals surface area contributed by atoms with Gasteiger partial charge in [-0.3, -0.25) is 9.78 Å². The van der Waals surface area contributed by atoms with E-state index in [0.717, 1.165) is 28.1 Å². The van der Waals surface area contributed by atoms with E-state index in [4.69, 9.17) is 0 Å². The predicted octanol–water partition coefficient (Wildman–Crippen LogP) is 3.83. The minimum Gasteiger partial charge on any atom is -0.268 e. The van der Waals surface area contributed by atoms with Crippen LogP contribution in [0.5, 0.6) is 0 Å². The lowest BCUT2D eigenvalue weighted by molar-refractivity contribution is -0.557. The van der Waals surface area contributed by atoms with E-state index in [1.165, 1.54) is 0 Å². The maximum Gasteiger partial charge on any atom is 0.413 e. The van der Waals surface area contributed by atoms with Crippen molar-refractivity contribution >= 4 is 11.0 Å². The lowest BCUT2D eigenvalue weighted by atomic mass is 9.99. The molecule has 0 unspecified atom stereocenters. The summed E-state index contributed by atoms with van der Waals surface area (Å²) in [7, 11) is 0. The normalized spacial score (nSPS) is 10.9. The lowest BCUT2D eigenvalue weighted by Crippen LogP contribution is -2.39. The first-order valence-corrected chi connectivity index (χ1v) is 9.64. The van der Waals surface area contributed by atoms with Crippen molar-refractivity contribution in [1.82, 2.24) is 9.97 Å². The smallest absolute Gasteiger partial charge is 0.268 e. The highest BCUT2D eigenvalue weighted by molar-refractivity contribution is 5.92. The van der Waals surface area contributed by atoms with E-state index in [1.54, 1.807) is 0 Å². The predicted molar refractivity (Wildman–Crippen MR) is 118 cm³/mol. The van der Waals surface area contributed by atoms with Crippen LogP contribution in [0.15, 0.2) is 107 Å². The number of hydrogen-bond acceptors (Lipinski definition) is 2. The first-order chi connectivity index (χ1) is 14.7. The van der Waals surface area contributed by atoms with Crippen molar-refractivity contribution in [2.75, 3.05) is 0 Å². The average molecular weight is 392 g/mol. The maximum atomic E-state index is 12.9. The van der Waals surface area contributed by atoms with E-state index in [0.29, 0.717) is 11.0 Å². The number of aromatic amines is 2. The van der Waals surface area contributed by atoms with Crippen molar-refractivity contribution in [3.05, 3.63) is 118 Å². The van der Waals surface area contributed by atoms with Gasteiger partial charge < -0.3 is 0 Å². The Labute approximate surface area is 171 Å². The van der Waals surface area contributed by atoms with Gasteiger partial charge in [0.05, 0.1) is 0 Å². The van der Waals surface area contributed by atoms with Gasteiger partial charge >= 0.3 is 11.3 Å². The monoisotopic (exact) mass is 392 g/mol. The van der Waals surface area contributed by atoms with Gasteiger partial charge in [0.25, 0.3) is 5.56 Å². The molecule has 30 heavy (non-hydrogen) atoms. The van der Waals surface area contributed by atoms with Crippen molar-refractivity contribution in [3.8, 4) is 28.1 Å². The highest BCUT2D eigenvalue weighted by Crippen LogP contribution is 2.29. The zero-order valence-corrected chi connectivity index (χ0v) is 16.0. The average Bonchev–Trinajstić information content (AvgIpc) is 2.79. The van der Waals surface area contributed by atoms with Crippen molar-refractivity contribution in [2.24, 2.45) is 0 Å². The van der Waals surface area contributed by atoms with E-state index >= 15 is 0 Å². The Hall–Kier alpha value is -4.25. The largest absolute Gasteiger partial charge is 0.413 e. The fourth-order valence-corrected chi connectivity index (χ4v) is 3.80. The van der Waals surface area contributed by atoms with E-state index in [1.807, 2.05) is 102 Å². The number of nitrogens with zero attached hydrogens (tertiary/aromatic N) is 1.